The third kappa shape index (κ3) is 2.68. The molecular formula is C18H21NOS. The van der Waals surface area contributed by atoms with Gasteiger partial charge in [0.1, 0.15) is 5.75 Å². The molecule has 1 aliphatic heterocycles. The zero-order valence-electron chi connectivity index (χ0n) is 12.7. The van der Waals surface area contributed by atoms with E-state index in [0.29, 0.717) is 0 Å². The fourth-order valence-electron chi connectivity index (χ4n) is 2.74. The van der Waals surface area contributed by atoms with Gasteiger partial charge in [0.2, 0.25) is 0 Å². The molecule has 0 amide bonds. The number of rotatable bonds is 3. The van der Waals surface area contributed by atoms with Gasteiger partial charge in [-0.3, -0.25) is 0 Å². The van der Waals surface area contributed by atoms with E-state index in [2.05, 4.69) is 62.6 Å². The van der Waals surface area contributed by atoms with Gasteiger partial charge >= 0.3 is 0 Å². The van der Waals surface area contributed by atoms with Crippen molar-refractivity contribution in [3.63, 3.8) is 0 Å². The van der Waals surface area contributed by atoms with Crippen LogP contribution >= 0.6 is 11.8 Å². The minimum Gasteiger partial charge on any atom is -0.492 e. The molecule has 1 atom stereocenters. The molecule has 0 fully saturated rings. The predicted molar refractivity (Wildman–Crippen MR) is 89.2 cm³/mol. The van der Waals surface area contributed by atoms with Gasteiger partial charge in [-0.05, 0) is 41.6 Å². The maximum Gasteiger partial charge on any atom is 0.123 e. The van der Waals surface area contributed by atoms with Crippen LogP contribution in [0.3, 0.4) is 0 Å². The van der Waals surface area contributed by atoms with Gasteiger partial charge in [-0.25, -0.2) is 0 Å². The monoisotopic (exact) mass is 299 g/mol. The Kier molecular flexibility index (Phi) is 3.72. The Balaban J connectivity index is 1.93. The lowest BCUT2D eigenvalue weighted by Crippen LogP contribution is -2.19. The minimum absolute atomic E-state index is 0.0633. The zero-order valence-corrected chi connectivity index (χ0v) is 13.5. The standard InChI is InChI=1S/C18H21NOS/c1-18(2)11-20-16-9-6-13(10-15(16)18)17(19)12-4-7-14(21-3)8-5-12/h4-10,17H,11,19H2,1-3H3. The van der Waals surface area contributed by atoms with Crippen LogP contribution in [0.15, 0.2) is 47.4 Å². The maximum absolute atomic E-state index is 6.44. The van der Waals surface area contributed by atoms with Crippen molar-refractivity contribution in [3.05, 3.63) is 59.2 Å². The van der Waals surface area contributed by atoms with Crippen LogP contribution in [0.1, 0.15) is 36.6 Å². The van der Waals surface area contributed by atoms with Gasteiger partial charge in [0, 0.05) is 15.9 Å². The fourth-order valence-corrected chi connectivity index (χ4v) is 3.14. The Morgan fingerprint density at radius 2 is 1.76 bits per heavy atom. The first-order valence-corrected chi connectivity index (χ1v) is 8.40. The highest BCUT2D eigenvalue weighted by Crippen LogP contribution is 2.40. The summed E-state index contributed by atoms with van der Waals surface area (Å²) in [6.07, 6.45) is 2.08. The first-order valence-electron chi connectivity index (χ1n) is 7.18. The SMILES string of the molecule is CSc1ccc(C(N)c2ccc3c(c2)C(C)(C)CO3)cc1. The smallest absolute Gasteiger partial charge is 0.123 e. The average Bonchev–Trinajstić information content (AvgIpc) is 2.82. The molecule has 110 valence electrons. The normalized spacial score (nSPS) is 17.1. The molecule has 2 N–H and O–H groups in total. The zero-order chi connectivity index (χ0) is 15.0. The topological polar surface area (TPSA) is 35.2 Å². The Hall–Kier alpha value is -1.45. The van der Waals surface area contributed by atoms with E-state index >= 15 is 0 Å². The highest BCUT2D eigenvalue weighted by Gasteiger charge is 2.32. The predicted octanol–water partition coefficient (Wildman–Crippen LogP) is 4.13. The number of nitrogens with two attached hydrogens (primary N) is 1. The molecule has 1 unspecified atom stereocenters. The second-order valence-electron chi connectivity index (χ2n) is 6.18. The van der Waals surface area contributed by atoms with Gasteiger partial charge in [-0.2, -0.15) is 0 Å². The van der Waals surface area contributed by atoms with Crippen molar-refractivity contribution in [2.45, 2.75) is 30.2 Å². The van der Waals surface area contributed by atoms with Crippen LogP contribution in [0.5, 0.6) is 5.75 Å². The number of benzene rings is 2. The van der Waals surface area contributed by atoms with Gasteiger partial charge in [-0.15, -0.1) is 11.8 Å². The Bertz CT molecular complexity index is 649. The second-order valence-corrected chi connectivity index (χ2v) is 7.06. The van der Waals surface area contributed by atoms with Crippen LogP contribution in [-0.4, -0.2) is 12.9 Å². The van der Waals surface area contributed by atoms with Crippen LogP contribution in [-0.2, 0) is 5.41 Å². The average molecular weight is 299 g/mol. The third-order valence-electron chi connectivity index (χ3n) is 4.16. The van der Waals surface area contributed by atoms with Crippen molar-refractivity contribution < 1.29 is 4.74 Å². The summed E-state index contributed by atoms with van der Waals surface area (Å²) in [5, 5.41) is 0. The summed E-state index contributed by atoms with van der Waals surface area (Å²) in [5.74, 6) is 0.994. The molecule has 2 aromatic rings. The highest BCUT2D eigenvalue weighted by molar-refractivity contribution is 7.98. The van der Waals surface area contributed by atoms with Gasteiger partial charge in [-0.1, -0.05) is 32.0 Å². The highest BCUT2D eigenvalue weighted by atomic mass is 32.2. The Morgan fingerprint density at radius 3 is 2.43 bits per heavy atom. The van der Waals surface area contributed by atoms with Gasteiger partial charge in [0.05, 0.1) is 12.6 Å². The molecule has 3 rings (SSSR count). The van der Waals surface area contributed by atoms with Crippen molar-refractivity contribution >= 4 is 11.8 Å². The van der Waals surface area contributed by atoms with E-state index in [4.69, 9.17) is 10.5 Å². The van der Waals surface area contributed by atoms with E-state index < -0.39 is 0 Å². The van der Waals surface area contributed by atoms with Crippen LogP contribution in [0, 0.1) is 0 Å². The largest absolute Gasteiger partial charge is 0.492 e. The summed E-state index contributed by atoms with van der Waals surface area (Å²) < 4.78 is 5.74. The van der Waals surface area contributed by atoms with Crippen molar-refractivity contribution in [2.24, 2.45) is 5.73 Å². The quantitative estimate of drug-likeness (QED) is 0.866. The molecule has 0 bridgehead atoms. The molecule has 3 heteroatoms. The summed E-state index contributed by atoms with van der Waals surface area (Å²) in [7, 11) is 0. The van der Waals surface area contributed by atoms with E-state index in [1.54, 1.807) is 11.8 Å². The van der Waals surface area contributed by atoms with Crippen molar-refractivity contribution in [3.8, 4) is 5.75 Å². The Labute approximate surface area is 130 Å². The molecule has 1 heterocycles. The Morgan fingerprint density at radius 1 is 1.10 bits per heavy atom. The maximum atomic E-state index is 6.44. The van der Waals surface area contributed by atoms with Crippen LogP contribution in [0.25, 0.3) is 0 Å². The number of ether oxygens (including phenoxy) is 1. The molecule has 21 heavy (non-hydrogen) atoms. The van der Waals surface area contributed by atoms with E-state index in [1.165, 1.54) is 10.5 Å². The third-order valence-corrected chi connectivity index (χ3v) is 4.90. The summed E-state index contributed by atoms with van der Waals surface area (Å²) in [4.78, 5) is 1.26. The molecular weight excluding hydrogens is 278 g/mol. The van der Waals surface area contributed by atoms with Crippen molar-refractivity contribution in [2.75, 3.05) is 12.9 Å². The van der Waals surface area contributed by atoms with E-state index in [9.17, 15) is 0 Å². The van der Waals surface area contributed by atoms with Gasteiger partial charge in [0.25, 0.3) is 0 Å². The summed E-state index contributed by atoms with van der Waals surface area (Å²) in [6, 6.07) is 14.7. The lowest BCUT2D eigenvalue weighted by Gasteiger charge is -2.18. The summed E-state index contributed by atoms with van der Waals surface area (Å²) >= 11 is 1.74. The first-order chi connectivity index (χ1) is 10.0. The number of hydrogen-bond acceptors (Lipinski definition) is 3. The lowest BCUT2D eigenvalue weighted by molar-refractivity contribution is 0.291. The molecule has 1 aliphatic rings. The number of hydrogen-bond donors (Lipinski definition) is 1. The van der Waals surface area contributed by atoms with E-state index in [0.717, 1.165) is 23.5 Å². The van der Waals surface area contributed by atoms with Crippen molar-refractivity contribution in [1.82, 2.24) is 0 Å². The van der Waals surface area contributed by atoms with Gasteiger partial charge in [0.15, 0.2) is 0 Å². The molecule has 0 aliphatic carbocycles. The lowest BCUT2D eigenvalue weighted by atomic mass is 9.85. The van der Waals surface area contributed by atoms with E-state index in [-0.39, 0.29) is 11.5 Å². The van der Waals surface area contributed by atoms with E-state index in [1.807, 2.05) is 0 Å². The van der Waals surface area contributed by atoms with Crippen LogP contribution in [0.2, 0.25) is 0 Å². The molecule has 2 aromatic carbocycles. The number of thioether (sulfide) groups is 1. The molecule has 0 spiro atoms. The minimum atomic E-state index is -0.0948. The molecule has 2 nitrogen and oxygen atoms in total. The molecule has 0 radical (unpaired) electrons. The molecule has 0 aromatic heterocycles. The molecule has 0 saturated carbocycles. The second kappa shape index (κ2) is 5.39. The van der Waals surface area contributed by atoms with Gasteiger partial charge < -0.3 is 10.5 Å². The van der Waals surface area contributed by atoms with Crippen LogP contribution in [0.4, 0.5) is 0 Å². The summed E-state index contributed by atoms with van der Waals surface area (Å²) in [5.41, 5.74) is 10.1. The number of fused-ring (bicyclic) bond motifs is 1. The first kappa shape index (κ1) is 14.5. The molecule has 0 saturated heterocycles. The van der Waals surface area contributed by atoms with Crippen LogP contribution < -0.4 is 10.5 Å². The summed E-state index contributed by atoms with van der Waals surface area (Å²) in [6.45, 7) is 5.16. The van der Waals surface area contributed by atoms with Crippen molar-refractivity contribution in [1.29, 1.82) is 0 Å². The fraction of sp³-hybridized carbons (Fsp3) is 0.333.